The monoisotopic (exact) mass is 493 g/mol. The average molecular weight is 494 g/mol. The van der Waals surface area contributed by atoms with Gasteiger partial charge in [-0.1, -0.05) is 18.2 Å². The first-order valence-electron chi connectivity index (χ1n) is 13.1. The Balaban J connectivity index is 1.29. The fourth-order valence-electron chi connectivity index (χ4n) is 5.35. The minimum atomic E-state index is -0.854. The van der Waals surface area contributed by atoms with Gasteiger partial charge in [-0.15, -0.1) is 0 Å². The fraction of sp³-hybridized carbons (Fsp3) is 0.517. The first-order chi connectivity index (χ1) is 17.3. The molecule has 0 spiro atoms. The van der Waals surface area contributed by atoms with Crippen molar-refractivity contribution in [3.63, 3.8) is 0 Å². The van der Waals surface area contributed by atoms with Gasteiger partial charge in [0, 0.05) is 43.8 Å². The molecule has 0 bridgehead atoms. The summed E-state index contributed by atoms with van der Waals surface area (Å²) >= 11 is 0. The number of carbonyl (C=O) groups is 2. The number of aliphatic carboxylic acids is 1. The molecule has 2 aliphatic rings. The Kier molecular flexibility index (Phi) is 8.64. The van der Waals surface area contributed by atoms with E-state index in [0.717, 1.165) is 68.7 Å². The first kappa shape index (κ1) is 26.2. The normalized spacial score (nSPS) is 22.7. The number of piperazine rings is 1. The van der Waals surface area contributed by atoms with Gasteiger partial charge in [0.05, 0.1) is 12.5 Å². The van der Waals surface area contributed by atoms with Gasteiger partial charge < -0.3 is 20.5 Å². The van der Waals surface area contributed by atoms with Crippen LogP contribution in [0.2, 0.25) is 0 Å². The topological polar surface area (TPSA) is 90.9 Å². The molecule has 7 heteroatoms. The third kappa shape index (κ3) is 6.86. The third-order valence-electron chi connectivity index (χ3n) is 7.61. The second kappa shape index (κ2) is 11.9. The van der Waals surface area contributed by atoms with Gasteiger partial charge in [-0.05, 0) is 86.9 Å². The van der Waals surface area contributed by atoms with E-state index in [-0.39, 0.29) is 24.3 Å². The molecule has 0 unspecified atom stereocenters. The highest BCUT2D eigenvalue weighted by molar-refractivity contribution is 5.93. The summed E-state index contributed by atoms with van der Waals surface area (Å²) in [4.78, 5) is 26.5. The lowest BCUT2D eigenvalue weighted by molar-refractivity contribution is -0.136. The van der Waals surface area contributed by atoms with E-state index in [1.807, 2.05) is 12.1 Å². The summed E-state index contributed by atoms with van der Waals surface area (Å²) in [5.74, 6) is -0.0935. The van der Waals surface area contributed by atoms with Crippen LogP contribution in [-0.4, -0.2) is 53.7 Å². The second-order valence-electron chi connectivity index (χ2n) is 10.4. The smallest absolute Gasteiger partial charge is 0.307 e. The summed E-state index contributed by atoms with van der Waals surface area (Å²) < 4.78 is 6.11. The third-order valence-corrected chi connectivity index (χ3v) is 7.61. The zero-order valence-corrected chi connectivity index (χ0v) is 21.7. The van der Waals surface area contributed by atoms with Crippen molar-refractivity contribution in [2.24, 2.45) is 5.92 Å². The number of hydrogen-bond acceptors (Lipinski definition) is 5. The largest absolute Gasteiger partial charge is 0.490 e. The van der Waals surface area contributed by atoms with Crippen molar-refractivity contribution in [3.05, 3.63) is 58.7 Å². The molecule has 2 fully saturated rings. The molecule has 1 saturated carbocycles. The van der Waals surface area contributed by atoms with Gasteiger partial charge in [0.2, 0.25) is 5.91 Å². The summed E-state index contributed by atoms with van der Waals surface area (Å²) in [5.41, 5.74) is 5.35. The number of ether oxygens (including phenoxy) is 1. The molecule has 2 aromatic rings. The van der Waals surface area contributed by atoms with E-state index >= 15 is 0 Å². The van der Waals surface area contributed by atoms with E-state index in [1.54, 1.807) is 12.1 Å². The number of anilines is 1. The summed E-state index contributed by atoms with van der Waals surface area (Å²) in [7, 11) is 0. The number of nitrogens with zero attached hydrogens (tertiary/aromatic N) is 1. The van der Waals surface area contributed by atoms with Crippen LogP contribution < -0.4 is 15.4 Å². The van der Waals surface area contributed by atoms with Crippen molar-refractivity contribution in [1.82, 2.24) is 10.2 Å². The Morgan fingerprint density at radius 3 is 2.61 bits per heavy atom. The summed E-state index contributed by atoms with van der Waals surface area (Å²) in [6.07, 6.45) is 3.21. The zero-order chi connectivity index (χ0) is 25.7. The molecule has 1 heterocycles. The predicted molar refractivity (Wildman–Crippen MR) is 141 cm³/mol. The predicted octanol–water partition coefficient (Wildman–Crippen LogP) is 4.30. The number of rotatable bonds is 8. The number of benzene rings is 2. The number of carbonyl (C=O) groups excluding carboxylic acids is 1. The maximum atomic E-state index is 13.1. The van der Waals surface area contributed by atoms with Gasteiger partial charge in [-0.3, -0.25) is 14.5 Å². The highest BCUT2D eigenvalue weighted by atomic mass is 16.5. The van der Waals surface area contributed by atoms with E-state index in [4.69, 9.17) is 9.84 Å². The highest BCUT2D eigenvalue weighted by Crippen LogP contribution is 2.30. The van der Waals surface area contributed by atoms with Crippen molar-refractivity contribution in [2.45, 2.75) is 71.6 Å². The van der Waals surface area contributed by atoms with Crippen LogP contribution in [0.1, 0.15) is 54.9 Å². The molecule has 0 radical (unpaired) electrons. The van der Waals surface area contributed by atoms with Gasteiger partial charge in [0.1, 0.15) is 5.75 Å². The zero-order valence-electron chi connectivity index (χ0n) is 21.7. The van der Waals surface area contributed by atoms with Crippen LogP contribution >= 0.6 is 0 Å². The summed E-state index contributed by atoms with van der Waals surface area (Å²) in [5, 5.41) is 15.7. The molecule has 1 aliphatic heterocycles. The molecular weight excluding hydrogens is 454 g/mol. The molecule has 2 aromatic carbocycles. The standard InChI is InChI=1S/C29H39N3O4/c1-19-17-32(14-13-30-19)18-24-9-12-27(21(3)20(24)2)31-29(35)23-7-10-25(11-8-23)36-26-6-4-5-22(15-26)16-28(33)34/h4-6,9,12,15,19,23,25,30H,7-8,10-11,13-14,16-18H2,1-3H3,(H,31,35)(H,33,34)/t19-,23-,25-/m0/s1. The van der Waals surface area contributed by atoms with Crippen molar-refractivity contribution in [2.75, 3.05) is 25.0 Å². The number of nitrogens with one attached hydrogen (secondary N) is 2. The number of carboxylic acids is 1. The van der Waals surface area contributed by atoms with Crippen molar-refractivity contribution < 1.29 is 19.4 Å². The molecule has 36 heavy (non-hydrogen) atoms. The Labute approximate surface area is 214 Å². The molecule has 3 N–H and O–H groups in total. The van der Waals surface area contributed by atoms with Gasteiger partial charge in [-0.2, -0.15) is 0 Å². The first-order valence-corrected chi connectivity index (χ1v) is 13.1. The number of carboxylic acid groups (broad SMARTS) is 1. The SMILES string of the molecule is Cc1c(CN2CCN[C@@H](C)C2)ccc(NC(=O)[C@H]2CC[C@H](Oc3cccc(CC(=O)O)c3)CC2)c1C. The van der Waals surface area contributed by atoms with Gasteiger partial charge >= 0.3 is 5.97 Å². The maximum Gasteiger partial charge on any atom is 0.307 e. The minimum Gasteiger partial charge on any atom is -0.490 e. The molecule has 0 aromatic heterocycles. The molecule has 4 rings (SSSR count). The van der Waals surface area contributed by atoms with Crippen LogP contribution in [0, 0.1) is 19.8 Å². The average Bonchev–Trinajstić information content (AvgIpc) is 2.84. The molecule has 1 atom stereocenters. The molecular formula is C29H39N3O4. The quantitative estimate of drug-likeness (QED) is 0.508. The Hall–Kier alpha value is -2.90. The van der Waals surface area contributed by atoms with Gasteiger partial charge in [0.15, 0.2) is 0 Å². The molecule has 1 aliphatic carbocycles. The maximum absolute atomic E-state index is 13.1. The van der Waals surface area contributed by atoms with Crippen molar-refractivity contribution in [1.29, 1.82) is 0 Å². The lowest BCUT2D eigenvalue weighted by Gasteiger charge is -2.32. The Bertz CT molecular complexity index is 1080. The Morgan fingerprint density at radius 2 is 1.89 bits per heavy atom. The van der Waals surface area contributed by atoms with Crippen LogP contribution in [0.15, 0.2) is 36.4 Å². The highest BCUT2D eigenvalue weighted by Gasteiger charge is 2.28. The molecule has 1 saturated heterocycles. The van der Waals surface area contributed by atoms with Crippen LogP contribution in [0.3, 0.4) is 0 Å². The second-order valence-corrected chi connectivity index (χ2v) is 10.4. The van der Waals surface area contributed by atoms with Crippen LogP contribution in [0.5, 0.6) is 5.75 Å². The van der Waals surface area contributed by atoms with E-state index in [0.29, 0.717) is 11.8 Å². The fourth-order valence-corrected chi connectivity index (χ4v) is 5.35. The number of amides is 1. The van der Waals surface area contributed by atoms with E-state index < -0.39 is 5.97 Å². The lowest BCUT2D eigenvalue weighted by atomic mass is 9.86. The number of hydrogen-bond donors (Lipinski definition) is 3. The van der Waals surface area contributed by atoms with Crippen molar-refractivity contribution in [3.8, 4) is 5.75 Å². The van der Waals surface area contributed by atoms with Crippen molar-refractivity contribution >= 4 is 17.6 Å². The lowest BCUT2D eigenvalue weighted by Crippen LogP contribution is -2.48. The van der Waals surface area contributed by atoms with Gasteiger partial charge in [-0.25, -0.2) is 0 Å². The van der Waals surface area contributed by atoms with E-state index in [2.05, 4.69) is 48.4 Å². The molecule has 1 amide bonds. The molecule has 194 valence electrons. The van der Waals surface area contributed by atoms with Crippen LogP contribution in [0.25, 0.3) is 0 Å². The van der Waals surface area contributed by atoms with Crippen LogP contribution in [0.4, 0.5) is 5.69 Å². The van der Waals surface area contributed by atoms with Crippen LogP contribution in [-0.2, 0) is 22.6 Å². The minimum absolute atomic E-state index is 0.0150. The van der Waals surface area contributed by atoms with E-state index in [9.17, 15) is 9.59 Å². The summed E-state index contributed by atoms with van der Waals surface area (Å²) in [6, 6.07) is 12.0. The van der Waals surface area contributed by atoms with Gasteiger partial charge in [0.25, 0.3) is 0 Å². The Morgan fingerprint density at radius 1 is 1.11 bits per heavy atom. The molecule has 7 nitrogen and oxygen atoms in total. The van der Waals surface area contributed by atoms with E-state index in [1.165, 1.54) is 11.1 Å². The summed E-state index contributed by atoms with van der Waals surface area (Å²) in [6.45, 7) is 10.5.